The van der Waals surface area contributed by atoms with E-state index in [-0.39, 0.29) is 0 Å². The van der Waals surface area contributed by atoms with Crippen LogP contribution in [0.3, 0.4) is 0 Å². The van der Waals surface area contributed by atoms with Gasteiger partial charge in [-0.2, -0.15) is 0 Å². The van der Waals surface area contributed by atoms with Gasteiger partial charge in [-0.15, -0.1) is 0 Å². The molecular weight excluding hydrogens is 316 g/mol. The van der Waals surface area contributed by atoms with Crippen LogP contribution >= 0.6 is 0 Å². The Balaban J connectivity index is 1.67. The summed E-state index contributed by atoms with van der Waals surface area (Å²) in [5.41, 5.74) is 3.03. The van der Waals surface area contributed by atoms with Crippen LogP contribution in [0.5, 0.6) is 0 Å². The van der Waals surface area contributed by atoms with Gasteiger partial charge in [0.25, 0.3) is 0 Å². The van der Waals surface area contributed by atoms with Gasteiger partial charge < -0.3 is 14.3 Å². The van der Waals surface area contributed by atoms with Gasteiger partial charge in [0.05, 0.1) is 6.26 Å². The Morgan fingerprint density at radius 2 is 1.92 bits per heavy atom. The number of aryl methyl sites for hydroxylation is 1. The van der Waals surface area contributed by atoms with Gasteiger partial charge in [0.1, 0.15) is 22.8 Å². The van der Waals surface area contributed by atoms with Crippen LogP contribution in [-0.4, -0.2) is 21.7 Å². The molecule has 126 valence electrons. The first-order chi connectivity index (χ1) is 12.3. The lowest BCUT2D eigenvalue weighted by Gasteiger charge is -2.06. The molecule has 0 fully saturated rings. The molecule has 1 aromatic carbocycles. The largest absolute Gasteiger partial charge is 0.469 e. The molecule has 0 aliphatic carbocycles. The molecule has 0 unspecified atom stereocenters. The number of nitrogens with one attached hydrogen (secondary N) is 1. The maximum absolute atomic E-state index is 5.56. The van der Waals surface area contributed by atoms with E-state index in [0.29, 0.717) is 17.9 Å². The molecule has 6 nitrogen and oxygen atoms in total. The molecule has 4 rings (SSSR count). The van der Waals surface area contributed by atoms with Crippen LogP contribution in [0.4, 0.5) is 5.82 Å². The third kappa shape index (κ3) is 3.10. The molecule has 4 aromatic rings. The maximum atomic E-state index is 5.56. The zero-order valence-electron chi connectivity index (χ0n) is 13.9. The van der Waals surface area contributed by atoms with Crippen molar-refractivity contribution in [3.63, 3.8) is 0 Å². The Labute approximate surface area is 144 Å². The zero-order chi connectivity index (χ0) is 17.1. The molecule has 0 saturated heterocycles. The molecule has 0 aliphatic heterocycles. The van der Waals surface area contributed by atoms with Crippen molar-refractivity contribution >= 4 is 16.9 Å². The van der Waals surface area contributed by atoms with E-state index >= 15 is 0 Å². The molecule has 6 heteroatoms. The minimum atomic E-state index is 0.579. The molecule has 0 aliphatic rings. The Bertz CT molecular complexity index is 962. The van der Waals surface area contributed by atoms with Crippen LogP contribution in [0.15, 0.2) is 57.7 Å². The van der Waals surface area contributed by atoms with Gasteiger partial charge in [0.2, 0.25) is 5.58 Å². The lowest BCUT2D eigenvalue weighted by Crippen LogP contribution is -2.08. The molecule has 0 bridgehead atoms. The number of nitrogens with zero attached hydrogens (tertiary/aromatic N) is 3. The number of fused-ring (bicyclic) bond motifs is 1. The molecule has 0 spiro atoms. The minimum absolute atomic E-state index is 0.579. The van der Waals surface area contributed by atoms with Gasteiger partial charge in [-0.05, 0) is 12.1 Å². The number of hydrogen-bond donors (Lipinski definition) is 1. The Hall–Kier alpha value is -3.15. The third-order valence-electron chi connectivity index (χ3n) is 3.97. The average molecular weight is 334 g/mol. The van der Waals surface area contributed by atoms with E-state index in [2.05, 4.69) is 20.4 Å². The van der Waals surface area contributed by atoms with Crippen molar-refractivity contribution < 1.29 is 8.94 Å². The summed E-state index contributed by atoms with van der Waals surface area (Å²) in [6.07, 6.45) is 3.18. The number of furan rings is 1. The van der Waals surface area contributed by atoms with Crippen LogP contribution in [0.1, 0.15) is 18.5 Å². The average Bonchev–Trinajstić information content (AvgIpc) is 3.32. The van der Waals surface area contributed by atoms with E-state index in [1.165, 1.54) is 0 Å². The topological polar surface area (TPSA) is 77.0 Å². The lowest BCUT2D eigenvalue weighted by molar-refractivity contribution is 0.459. The highest BCUT2D eigenvalue weighted by Crippen LogP contribution is 2.30. The summed E-state index contributed by atoms with van der Waals surface area (Å²) in [6, 6.07) is 13.7. The lowest BCUT2D eigenvalue weighted by atomic mass is 10.1. The Kier molecular flexibility index (Phi) is 4.16. The first-order valence-electron chi connectivity index (χ1n) is 8.33. The third-order valence-corrected chi connectivity index (χ3v) is 3.97. The van der Waals surface area contributed by atoms with Crippen LogP contribution in [0.2, 0.25) is 0 Å². The van der Waals surface area contributed by atoms with Crippen LogP contribution in [0.25, 0.3) is 22.4 Å². The smallest absolute Gasteiger partial charge is 0.228 e. The number of rotatable bonds is 6. The van der Waals surface area contributed by atoms with E-state index in [9.17, 15) is 0 Å². The fourth-order valence-electron chi connectivity index (χ4n) is 2.70. The van der Waals surface area contributed by atoms with Gasteiger partial charge >= 0.3 is 0 Å². The predicted molar refractivity (Wildman–Crippen MR) is 95.3 cm³/mol. The van der Waals surface area contributed by atoms with Crippen molar-refractivity contribution in [3.05, 3.63) is 60.3 Å². The zero-order valence-corrected chi connectivity index (χ0v) is 13.9. The highest BCUT2D eigenvalue weighted by atomic mass is 16.5. The molecule has 0 saturated carbocycles. The summed E-state index contributed by atoms with van der Waals surface area (Å²) in [5.74, 6) is 2.35. The van der Waals surface area contributed by atoms with E-state index < -0.39 is 0 Å². The van der Waals surface area contributed by atoms with Crippen LogP contribution < -0.4 is 5.32 Å². The molecule has 1 N–H and O–H groups in total. The van der Waals surface area contributed by atoms with E-state index in [0.717, 1.165) is 41.2 Å². The summed E-state index contributed by atoms with van der Waals surface area (Å²) in [4.78, 5) is 9.18. The standard InChI is InChI=1S/C19H18N4O2/c1-2-15-21-17-16(13-7-4-3-5-8-13)23-25-18(17)19(22-15)20-11-10-14-9-6-12-24-14/h3-9,12H,2,10-11H2,1H3,(H,20,21,22). The minimum Gasteiger partial charge on any atom is -0.469 e. The summed E-state index contributed by atoms with van der Waals surface area (Å²) in [5, 5.41) is 7.54. The highest BCUT2D eigenvalue weighted by molar-refractivity contribution is 5.93. The fourth-order valence-corrected chi connectivity index (χ4v) is 2.70. The van der Waals surface area contributed by atoms with Gasteiger partial charge in [-0.25, -0.2) is 9.97 Å². The number of anilines is 1. The fraction of sp³-hybridized carbons (Fsp3) is 0.211. The second-order valence-electron chi connectivity index (χ2n) is 5.67. The van der Waals surface area contributed by atoms with E-state index in [4.69, 9.17) is 8.94 Å². The SMILES string of the molecule is CCc1nc(NCCc2ccco2)c2onc(-c3ccccc3)c2n1. The molecule has 0 atom stereocenters. The Morgan fingerprint density at radius 3 is 2.68 bits per heavy atom. The number of benzene rings is 1. The monoisotopic (exact) mass is 334 g/mol. The van der Waals surface area contributed by atoms with E-state index in [1.54, 1.807) is 6.26 Å². The maximum Gasteiger partial charge on any atom is 0.228 e. The summed E-state index contributed by atoms with van der Waals surface area (Å²) < 4.78 is 10.9. The van der Waals surface area contributed by atoms with Gasteiger partial charge in [0.15, 0.2) is 5.82 Å². The first-order valence-corrected chi connectivity index (χ1v) is 8.33. The van der Waals surface area contributed by atoms with Crippen LogP contribution in [-0.2, 0) is 12.8 Å². The quantitative estimate of drug-likeness (QED) is 0.572. The highest BCUT2D eigenvalue weighted by Gasteiger charge is 2.17. The van der Waals surface area contributed by atoms with Crippen molar-refractivity contribution in [3.8, 4) is 11.3 Å². The second kappa shape index (κ2) is 6.76. The first kappa shape index (κ1) is 15.4. The summed E-state index contributed by atoms with van der Waals surface area (Å²) in [6.45, 7) is 2.72. The van der Waals surface area contributed by atoms with Crippen molar-refractivity contribution in [2.75, 3.05) is 11.9 Å². The van der Waals surface area contributed by atoms with Crippen LogP contribution in [0, 0.1) is 0 Å². The molecule has 0 amide bonds. The van der Waals surface area contributed by atoms with Gasteiger partial charge in [-0.1, -0.05) is 42.4 Å². The number of hydrogen-bond acceptors (Lipinski definition) is 6. The summed E-state index contributed by atoms with van der Waals surface area (Å²) >= 11 is 0. The normalized spacial score (nSPS) is 11.1. The molecular formula is C19H18N4O2. The second-order valence-corrected chi connectivity index (χ2v) is 5.67. The van der Waals surface area contributed by atoms with Crippen molar-refractivity contribution in [2.45, 2.75) is 19.8 Å². The molecule has 0 radical (unpaired) electrons. The van der Waals surface area contributed by atoms with Crippen molar-refractivity contribution in [2.24, 2.45) is 0 Å². The molecule has 3 aromatic heterocycles. The number of aromatic nitrogens is 3. The summed E-state index contributed by atoms with van der Waals surface area (Å²) in [7, 11) is 0. The molecule has 3 heterocycles. The predicted octanol–water partition coefficient (Wildman–Crippen LogP) is 4.09. The van der Waals surface area contributed by atoms with E-state index in [1.807, 2.05) is 49.4 Å². The van der Waals surface area contributed by atoms with Gasteiger partial charge in [-0.3, -0.25) is 0 Å². The Morgan fingerprint density at radius 1 is 1.04 bits per heavy atom. The van der Waals surface area contributed by atoms with Crippen molar-refractivity contribution in [1.29, 1.82) is 0 Å². The molecule has 25 heavy (non-hydrogen) atoms. The van der Waals surface area contributed by atoms with Crippen molar-refractivity contribution in [1.82, 2.24) is 15.1 Å². The van der Waals surface area contributed by atoms with Gasteiger partial charge in [0, 0.05) is 24.9 Å².